The van der Waals surface area contributed by atoms with Gasteiger partial charge in [0.15, 0.2) is 4.32 Å². The standard InChI is InChI=1S/C16H9ClFNOS2/c17-13-7-2-1-4-10(13)8-14-15(20)19(16(21)22-14)12-6-3-5-11(18)9-12/h1-9H/b14-8+. The molecule has 1 aliphatic heterocycles. The van der Waals surface area contributed by atoms with Gasteiger partial charge in [-0.3, -0.25) is 9.69 Å². The van der Waals surface area contributed by atoms with Crippen LogP contribution in [0.5, 0.6) is 0 Å². The van der Waals surface area contributed by atoms with Crippen molar-refractivity contribution < 1.29 is 9.18 Å². The van der Waals surface area contributed by atoms with Crippen molar-refractivity contribution in [2.24, 2.45) is 0 Å². The van der Waals surface area contributed by atoms with Gasteiger partial charge in [-0.25, -0.2) is 4.39 Å². The lowest BCUT2D eigenvalue weighted by atomic mass is 10.2. The van der Waals surface area contributed by atoms with Crippen LogP contribution in [-0.2, 0) is 4.79 Å². The molecule has 0 spiro atoms. The molecule has 2 nitrogen and oxygen atoms in total. The summed E-state index contributed by atoms with van der Waals surface area (Å²) < 4.78 is 13.7. The number of halogens is 2. The highest BCUT2D eigenvalue weighted by atomic mass is 35.5. The maximum Gasteiger partial charge on any atom is 0.270 e. The Labute approximate surface area is 141 Å². The number of amides is 1. The normalized spacial score (nSPS) is 16.6. The van der Waals surface area contributed by atoms with Gasteiger partial charge in [-0.05, 0) is 35.9 Å². The van der Waals surface area contributed by atoms with Gasteiger partial charge in [-0.2, -0.15) is 0 Å². The third-order valence-corrected chi connectivity index (χ3v) is 4.70. The van der Waals surface area contributed by atoms with Gasteiger partial charge in [0.05, 0.1) is 10.6 Å². The Morgan fingerprint density at radius 2 is 1.95 bits per heavy atom. The van der Waals surface area contributed by atoms with E-state index >= 15 is 0 Å². The summed E-state index contributed by atoms with van der Waals surface area (Å²) in [6.07, 6.45) is 1.70. The zero-order chi connectivity index (χ0) is 15.7. The van der Waals surface area contributed by atoms with E-state index in [4.69, 9.17) is 23.8 Å². The Bertz CT molecular complexity index is 806. The van der Waals surface area contributed by atoms with Crippen LogP contribution in [0.15, 0.2) is 53.4 Å². The van der Waals surface area contributed by atoms with E-state index in [2.05, 4.69) is 0 Å². The molecule has 22 heavy (non-hydrogen) atoms. The highest BCUT2D eigenvalue weighted by Gasteiger charge is 2.33. The van der Waals surface area contributed by atoms with E-state index in [1.54, 1.807) is 24.3 Å². The van der Waals surface area contributed by atoms with E-state index in [9.17, 15) is 9.18 Å². The van der Waals surface area contributed by atoms with Gasteiger partial charge in [0.1, 0.15) is 5.82 Å². The van der Waals surface area contributed by atoms with Crippen LogP contribution in [0.25, 0.3) is 6.08 Å². The predicted molar refractivity (Wildman–Crippen MR) is 93.5 cm³/mol. The minimum Gasteiger partial charge on any atom is -0.268 e. The Balaban J connectivity index is 1.97. The highest BCUT2D eigenvalue weighted by Crippen LogP contribution is 2.36. The maximum atomic E-state index is 13.4. The molecule has 1 aliphatic rings. The van der Waals surface area contributed by atoms with Crippen molar-refractivity contribution in [3.63, 3.8) is 0 Å². The summed E-state index contributed by atoms with van der Waals surface area (Å²) in [6.45, 7) is 0. The van der Waals surface area contributed by atoms with Crippen LogP contribution in [0.1, 0.15) is 5.56 Å². The number of nitrogens with zero attached hydrogens (tertiary/aromatic N) is 1. The van der Waals surface area contributed by atoms with Gasteiger partial charge in [-0.15, -0.1) is 0 Å². The van der Waals surface area contributed by atoms with Gasteiger partial charge < -0.3 is 0 Å². The van der Waals surface area contributed by atoms with Gasteiger partial charge >= 0.3 is 0 Å². The molecule has 3 rings (SSSR count). The lowest BCUT2D eigenvalue weighted by molar-refractivity contribution is -0.113. The second-order valence-electron chi connectivity index (χ2n) is 4.52. The van der Waals surface area contributed by atoms with E-state index in [-0.39, 0.29) is 5.91 Å². The summed E-state index contributed by atoms with van der Waals surface area (Å²) in [5, 5.41) is 0.554. The summed E-state index contributed by atoms with van der Waals surface area (Å²) in [4.78, 5) is 14.3. The molecule has 2 aromatic rings. The molecule has 0 N–H and O–H groups in total. The molecule has 0 bridgehead atoms. The molecule has 0 aliphatic carbocycles. The molecule has 2 aromatic carbocycles. The smallest absolute Gasteiger partial charge is 0.268 e. The van der Waals surface area contributed by atoms with Crippen LogP contribution < -0.4 is 4.90 Å². The Kier molecular flexibility index (Phi) is 4.29. The Hall–Kier alpha value is -1.69. The van der Waals surface area contributed by atoms with Gasteiger partial charge in [-0.1, -0.05) is 59.8 Å². The predicted octanol–water partition coefficient (Wildman–Crippen LogP) is 4.88. The number of benzene rings is 2. The number of thioether (sulfide) groups is 1. The number of carbonyl (C=O) groups is 1. The van der Waals surface area contributed by atoms with Gasteiger partial charge in [0, 0.05) is 5.02 Å². The number of anilines is 1. The molecule has 0 saturated carbocycles. The Morgan fingerprint density at radius 1 is 1.18 bits per heavy atom. The van der Waals surface area contributed by atoms with Crippen molar-refractivity contribution in [3.8, 4) is 0 Å². The first-order chi connectivity index (χ1) is 10.6. The molecule has 0 atom stereocenters. The summed E-state index contributed by atoms with van der Waals surface area (Å²) in [5.41, 5.74) is 1.16. The van der Waals surface area contributed by atoms with Gasteiger partial charge in [0.2, 0.25) is 0 Å². The Morgan fingerprint density at radius 3 is 2.68 bits per heavy atom. The van der Waals surface area contributed by atoms with Crippen molar-refractivity contribution in [1.29, 1.82) is 0 Å². The number of hydrogen-bond acceptors (Lipinski definition) is 3. The zero-order valence-electron chi connectivity index (χ0n) is 11.1. The third kappa shape index (κ3) is 2.92. The van der Waals surface area contributed by atoms with Crippen molar-refractivity contribution >= 4 is 57.6 Å². The molecule has 110 valence electrons. The van der Waals surface area contributed by atoms with Crippen LogP contribution in [0, 0.1) is 5.82 Å². The molecule has 0 aromatic heterocycles. The SMILES string of the molecule is O=C1/C(=C\c2ccccc2Cl)SC(=S)N1c1cccc(F)c1. The molecule has 0 unspecified atom stereocenters. The average Bonchev–Trinajstić information content (AvgIpc) is 2.76. The summed E-state index contributed by atoms with van der Waals surface area (Å²) in [6, 6.07) is 13.0. The third-order valence-electron chi connectivity index (χ3n) is 3.05. The van der Waals surface area contributed by atoms with E-state index in [1.165, 1.54) is 28.8 Å². The molecule has 1 fully saturated rings. The lowest BCUT2D eigenvalue weighted by Crippen LogP contribution is -2.27. The minimum atomic E-state index is -0.415. The molecule has 0 radical (unpaired) electrons. The number of rotatable bonds is 2. The van der Waals surface area contributed by atoms with Crippen molar-refractivity contribution in [1.82, 2.24) is 0 Å². The summed E-state index contributed by atoms with van der Waals surface area (Å²) >= 11 is 12.5. The average molecular weight is 350 g/mol. The summed E-state index contributed by atoms with van der Waals surface area (Å²) in [5.74, 6) is -0.692. The first kappa shape index (κ1) is 15.2. The molecule has 1 heterocycles. The number of thiocarbonyl (C=S) groups is 1. The van der Waals surface area contributed by atoms with E-state index in [1.807, 2.05) is 18.2 Å². The van der Waals surface area contributed by atoms with Crippen LogP contribution in [0.4, 0.5) is 10.1 Å². The van der Waals surface area contributed by atoms with Crippen molar-refractivity contribution in [2.45, 2.75) is 0 Å². The quantitative estimate of drug-likeness (QED) is 0.569. The fourth-order valence-electron chi connectivity index (χ4n) is 2.04. The molecular weight excluding hydrogens is 341 g/mol. The molecule has 1 saturated heterocycles. The van der Waals surface area contributed by atoms with Crippen LogP contribution in [-0.4, -0.2) is 10.2 Å². The number of carbonyl (C=O) groups excluding carboxylic acids is 1. The topological polar surface area (TPSA) is 20.3 Å². The largest absolute Gasteiger partial charge is 0.270 e. The van der Waals surface area contributed by atoms with E-state index in [0.29, 0.717) is 19.9 Å². The molecule has 1 amide bonds. The van der Waals surface area contributed by atoms with Crippen molar-refractivity contribution in [2.75, 3.05) is 4.90 Å². The summed E-state index contributed by atoms with van der Waals surface area (Å²) in [7, 11) is 0. The fourth-order valence-corrected chi connectivity index (χ4v) is 3.52. The lowest BCUT2D eigenvalue weighted by Gasteiger charge is -2.14. The van der Waals surface area contributed by atoms with Crippen LogP contribution in [0.2, 0.25) is 5.02 Å². The maximum absolute atomic E-state index is 13.4. The minimum absolute atomic E-state index is 0.277. The van der Waals surface area contributed by atoms with Gasteiger partial charge in [0.25, 0.3) is 5.91 Å². The van der Waals surface area contributed by atoms with E-state index in [0.717, 1.165) is 5.56 Å². The molecule has 6 heteroatoms. The second-order valence-corrected chi connectivity index (χ2v) is 6.60. The second kappa shape index (κ2) is 6.20. The van der Waals surface area contributed by atoms with E-state index < -0.39 is 5.82 Å². The monoisotopic (exact) mass is 349 g/mol. The highest BCUT2D eigenvalue weighted by molar-refractivity contribution is 8.27. The fraction of sp³-hybridized carbons (Fsp3) is 0. The first-order valence-corrected chi connectivity index (χ1v) is 7.94. The first-order valence-electron chi connectivity index (χ1n) is 6.34. The number of hydrogen-bond donors (Lipinski definition) is 0. The zero-order valence-corrected chi connectivity index (χ0v) is 13.5. The van der Waals surface area contributed by atoms with Crippen molar-refractivity contribution in [3.05, 3.63) is 69.8 Å². The molecular formula is C16H9ClFNOS2. The van der Waals surface area contributed by atoms with Crippen LogP contribution in [0.3, 0.4) is 0 Å². The van der Waals surface area contributed by atoms with Crippen LogP contribution >= 0.6 is 35.6 Å².